The largest absolute Gasteiger partial charge is 0.507 e. The lowest BCUT2D eigenvalue weighted by molar-refractivity contribution is 0.285. The maximum absolute atomic E-state index is 10.1. The number of aliphatic hydroxyl groups is 1. The minimum Gasteiger partial charge on any atom is -0.507 e. The van der Waals surface area contributed by atoms with Crippen LogP contribution in [0.25, 0.3) is 32.3 Å². The van der Waals surface area contributed by atoms with Crippen LogP contribution in [-0.2, 0) is 6.61 Å². The number of fused-ring (bicyclic) bond motifs is 4. The molecule has 0 atom stereocenters. The molecule has 0 aliphatic heterocycles. The van der Waals surface area contributed by atoms with E-state index in [-0.39, 0.29) is 12.4 Å². The van der Waals surface area contributed by atoms with Gasteiger partial charge in [-0.15, -0.1) is 0 Å². The predicted molar refractivity (Wildman–Crippen MR) is 91.3 cm³/mol. The molecule has 4 aromatic carbocycles. The van der Waals surface area contributed by atoms with E-state index < -0.39 is 0 Å². The smallest absolute Gasteiger partial charge is 0.123 e. The Kier molecular flexibility index (Phi) is 2.81. The summed E-state index contributed by atoms with van der Waals surface area (Å²) >= 11 is 0. The minimum atomic E-state index is 0.00160. The van der Waals surface area contributed by atoms with Gasteiger partial charge < -0.3 is 10.2 Å². The first kappa shape index (κ1) is 13.1. The van der Waals surface area contributed by atoms with Gasteiger partial charge in [0.1, 0.15) is 5.75 Å². The van der Waals surface area contributed by atoms with Gasteiger partial charge in [0, 0.05) is 5.39 Å². The Labute approximate surface area is 128 Å². The molecule has 0 radical (unpaired) electrons. The Morgan fingerprint density at radius 2 is 1.41 bits per heavy atom. The van der Waals surface area contributed by atoms with Gasteiger partial charge in [-0.2, -0.15) is 0 Å². The van der Waals surface area contributed by atoms with Crippen LogP contribution in [0.2, 0.25) is 0 Å². The van der Waals surface area contributed by atoms with Crippen molar-refractivity contribution in [3.63, 3.8) is 0 Å². The highest BCUT2D eigenvalue weighted by Crippen LogP contribution is 2.38. The van der Waals surface area contributed by atoms with Crippen LogP contribution in [0.3, 0.4) is 0 Å². The lowest BCUT2D eigenvalue weighted by atomic mass is 9.89. The van der Waals surface area contributed by atoms with Crippen LogP contribution in [0.1, 0.15) is 11.1 Å². The van der Waals surface area contributed by atoms with Crippen LogP contribution in [0.4, 0.5) is 0 Å². The Hall–Kier alpha value is -2.58. The third-order valence-corrected chi connectivity index (χ3v) is 4.55. The molecule has 0 aromatic heterocycles. The maximum atomic E-state index is 10.1. The van der Waals surface area contributed by atoms with E-state index in [1.54, 1.807) is 6.07 Å². The number of benzene rings is 4. The molecule has 0 spiro atoms. The minimum absolute atomic E-state index is 0.00160. The molecule has 4 rings (SSSR count). The van der Waals surface area contributed by atoms with E-state index in [4.69, 9.17) is 0 Å². The Morgan fingerprint density at radius 1 is 0.727 bits per heavy atom. The number of aryl methyl sites for hydroxylation is 1. The van der Waals surface area contributed by atoms with Crippen molar-refractivity contribution in [2.24, 2.45) is 0 Å². The highest BCUT2D eigenvalue weighted by Gasteiger charge is 2.13. The molecule has 0 heterocycles. The van der Waals surface area contributed by atoms with Gasteiger partial charge in [-0.3, -0.25) is 0 Å². The lowest BCUT2D eigenvalue weighted by Crippen LogP contribution is -1.93. The molecule has 2 nitrogen and oxygen atoms in total. The molecule has 0 unspecified atom stereocenters. The van der Waals surface area contributed by atoms with Crippen LogP contribution >= 0.6 is 0 Å². The Balaban J connectivity index is 2.36. The van der Waals surface area contributed by atoms with E-state index in [0.717, 1.165) is 37.9 Å². The molecule has 108 valence electrons. The topological polar surface area (TPSA) is 40.5 Å². The van der Waals surface area contributed by atoms with E-state index in [1.165, 1.54) is 5.56 Å². The summed E-state index contributed by atoms with van der Waals surface area (Å²) in [4.78, 5) is 0. The van der Waals surface area contributed by atoms with Gasteiger partial charge in [-0.05, 0) is 51.0 Å². The summed E-state index contributed by atoms with van der Waals surface area (Å²) in [5.41, 5.74) is 2.13. The second-order valence-electron chi connectivity index (χ2n) is 5.67. The summed E-state index contributed by atoms with van der Waals surface area (Å²) in [6.45, 7) is 2.11. The number of aliphatic hydroxyl groups excluding tert-OH is 1. The summed E-state index contributed by atoms with van der Waals surface area (Å²) in [7, 11) is 0. The van der Waals surface area contributed by atoms with Crippen molar-refractivity contribution in [1.82, 2.24) is 0 Å². The SMILES string of the molecule is Cc1c2ccccc2c(CO)c2ccc3c(O)cccc3c12. The molecule has 0 aliphatic rings. The van der Waals surface area contributed by atoms with Crippen molar-refractivity contribution in [2.45, 2.75) is 13.5 Å². The maximum Gasteiger partial charge on any atom is 0.123 e. The first-order valence-corrected chi connectivity index (χ1v) is 7.38. The van der Waals surface area contributed by atoms with Gasteiger partial charge in [-0.1, -0.05) is 48.5 Å². The summed E-state index contributed by atoms with van der Waals surface area (Å²) in [6.07, 6.45) is 0. The van der Waals surface area contributed by atoms with Crippen LogP contribution in [0.15, 0.2) is 54.6 Å². The molecule has 22 heavy (non-hydrogen) atoms. The third kappa shape index (κ3) is 1.65. The second-order valence-corrected chi connectivity index (χ2v) is 5.67. The third-order valence-electron chi connectivity index (χ3n) is 4.55. The van der Waals surface area contributed by atoms with E-state index in [2.05, 4.69) is 19.1 Å². The number of phenolic OH excluding ortho intramolecular Hbond substituents is 1. The summed E-state index contributed by atoms with van der Waals surface area (Å²) < 4.78 is 0. The fourth-order valence-electron chi connectivity index (χ4n) is 3.52. The fourth-order valence-corrected chi connectivity index (χ4v) is 3.52. The van der Waals surface area contributed by atoms with Crippen molar-refractivity contribution >= 4 is 32.3 Å². The molecule has 0 saturated carbocycles. The normalized spacial score (nSPS) is 11.5. The number of hydrogen-bond acceptors (Lipinski definition) is 2. The summed E-state index contributed by atoms with van der Waals surface area (Å²) in [5.74, 6) is 0.289. The number of rotatable bonds is 1. The first-order chi connectivity index (χ1) is 10.7. The van der Waals surface area contributed by atoms with Crippen LogP contribution in [0, 0.1) is 6.92 Å². The molecule has 0 amide bonds. The lowest BCUT2D eigenvalue weighted by Gasteiger charge is -2.15. The number of phenols is 1. The zero-order valence-electron chi connectivity index (χ0n) is 12.3. The zero-order chi connectivity index (χ0) is 15.3. The van der Waals surface area contributed by atoms with Crippen molar-refractivity contribution < 1.29 is 10.2 Å². The van der Waals surface area contributed by atoms with Gasteiger partial charge >= 0.3 is 0 Å². The van der Waals surface area contributed by atoms with Gasteiger partial charge in [0.25, 0.3) is 0 Å². The molecule has 2 heteroatoms. The van der Waals surface area contributed by atoms with E-state index >= 15 is 0 Å². The molecule has 2 N–H and O–H groups in total. The second kappa shape index (κ2) is 4.72. The van der Waals surface area contributed by atoms with E-state index in [9.17, 15) is 10.2 Å². The standard InChI is InChI=1S/C20H16O2/c1-12-13-5-2-3-6-14(13)18(11-21)17-10-9-15-16(20(12)17)7-4-8-19(15)22/h2-10,21-22H,11H2,1H3. The summed E-state index contributed by atoms with van der Waals surface area (Å²) in [5, 5.41) is 26.3. The molecule has 0 fully saturated rings. The van der Waals surface area contributed by atoms with Crippen molar-refractivity contribution in [1.29, 1.82) is 0 Å². The van der Waals surface area contributed by atoms with Crippen LogP contribution in [0.5, 0.6) is 5.75 Å². The summed E-state index contributed by atoms with van der Waals surface area (Å²) in [6, 6.07) is 17.7. The van der Waals surface area contributed by atoms with Gasteiger partial charge in [0.15, 0.2) is 0 Å². The monoisotopic (exact) mass is 288 g/mol. The molecule has 0 bridgehead atoms. The first-order valence-electron chi connectivity index (χ1n) is 7.38. The average molecular weight is 288 g/mol. The van der Waals surface area contributed by atoms with Crippen molar-refractivity contribution in [3.8, 4) is 5.75 Å². The van der Waals surface area contributed by atoms with E-state index in [1.807, 2.05) is 36.4 Å². The van der Waals surface area contributed by atoms with Crippen molar-refractivity contribution in [2.75, 3.05) is 0 Å². The van der Waals surface area contributed by atoms with Gasteiger partial charge in [0.05, 0.1) is 6.61 Å². The van der Waals surface area contributed by atoms with Crippen LogP contribution in [-0.4, -0.2) is 10.2 Å². The van der Waals surface area contributed by atoms with Gasteiger partial charge in [-0.25, -0.2) is 0 Å². The molecular weight excluding hydrogens is 272 g/mol. The zero-order valence-corrected chi connectivity index (χ0v) is 12.3. The number of hydrogen-bond donors (Lipinski definition) is 2. The van der Waals surface area contributed by atoms with Crippen LogP contribution < -0.4 is 0 Å². The van der Waals surface area contributed by atoms with Crippen molar-refractivity contribution in [3.05, 3.63) is 65.7 Å². The van der Waals surface area contributed by atoms with Gasteiger partial charge in [0.2, 0.25) is 0 Å². The molecule has 0 aliphatic carbocycles. The molecular formula is C20H16O2. The predicted octanol–water partition coefficient (Wildman–Crippen LogP) is 4.65. The van der Waals surface area contributed by atoms with E-state index in [0.29, 0.717) is 0 Å². The average Bonchev–Trinajstić information content (AvgIpc) is 2.55. The number of aromatic hydroxyl groups is 1. The highest BCUT2D eigenvalue weighted by molar-refractivity contribution is 6.17. The fraction of sp³-hybridized carbons (Fsp3) is 0.100. The quantitative estimate of drug-likeness (QED) is 0.395. The Morgan fingerprint density at radius 3 is 2.18 bits per heavy atom. The highest BCUT2D eigenvalue weighted by atomic mass is 16.3. The Bertz CT molecular complexity index is 1030. The molecule has 4 aromatic rings. The molecule has 0 saturated heterocycles.